The standard InChI is InChI=1S/C48H31N7/c1-5-15-32(16-6-1)33-25-27-35(28-26-33)45-50-44(34-17-7-2-8-18-34)51-46(52-45)36-29-30-42-40(31-36)49-48-54(38-21-11-4-12-22-38)43-39-23-13-14-24-41(39)53(47(43)55(42)48)37-19-9-3-10-20-37/h1-31H. The molecule has 7 nitrogen and oxygen atoms in total. The van der Waals surface area contributed by atoms with E-state index >= 15 is 0 Å². The molecule has 0 fully saturated rings. The van der Waals surface area contributed by atoms with Gasteiger partial charge in [-0.2, -0.15) is 0 Å². The van der Waals surface area contributed by atoms with E-state index in [1.165, 1.54) is 0 Å². The van der Waals surface area contributed by atoms with Gasteiger partial charge in [-0.1, -0.05) is 140 Å². The van der Waals surface area contributed by atoms with Crippen LogP contribution in [0.1, 0.15) is 0 Å². The first-order valence-electron chi connectivity index (χ1n) is 18.3. The molecule has 7 aromatic carbocycles. The molecule has 0 bridgehead atoms. The van der Waals surface area contributed by atoms with Gasteiger partial charge in [0.2, 0.25) is 5.78 Å². The van der Waals surface area contributed by atoms with Crippen LogP contribution < -0.4 is 0 Å². The summed E-state index contributed by atoms with van der Waals surface area (Å²) in [4.78, 5) is 20.5. The molecule has 4 heterocycles. The van der Waals surface area contributed by atoms with Crippen molar-refractivity contribution in [1.82, 2.24) is 33.5 Å². The molecule has 0 N–H and O–H groups in total. The van der Waals surface area contributed by atoms with Gasteiger partial charge in [0, 0.05) is 33.5 Å². The third kappa shape index (κ3) is 5.05. The summed E-state index contributed by atoms with van der Waals surface area (Å²) < 4.78 is 6.92. The van der Waals surface area contributed by atoms with E-state index in [-0.39, 0.29) is 0 Å². The number of hydrogen-bond acceptors (Lipinski definition) is 4. The highest BCUT2D eigenvalue weighted by Crippen LogP contribution is 2.39. The van der Waals surface area contributed by atoms with E-state index in [1.807, 2.05) is 42.5 Å². The van der Waals surface area contributed by atoms with Crippen molar-refractivity contribution in [3.63, 3.8) is 0 Å². The zero-order valence-corrected chi connectivity index (χ0v) is 29.5. The van der Waals surface area contributed by atoms with Crippen molar-refractivity contribution in [3.8, 4) is 56.7 Å². The minimum Gasteiger partial charge on any atom is -0.294 e. The van der Waals surface area contributed by atoms with Crippen LogP contribution in [-0.4, -0.2) is 33.5 Å². The van der Waals surface area contributed by atoms with E-state index in [0.717, 1.165) is 78.1 Å². The highest BCUT2D eigenvalue weighted by molar-refractivity contribution is 6.10. The smallest absolute Gasteiger partial charge is 0.221 e. The summed E-state index contributed by atoms with van der Waals surface area (Å²) in [5.74, 6) is 2.65. The monoisotopic (exact) mass is 705 g/mol. The van der Waals surface area contributed by atoms with Crippen LogP contribution in [0.25, 0.3) is 95.5 Å². The predicted molar refractivity (Wildman–Crippen MR) is 221 cm³/mol. The Morgan fingerprint density at radius 3 is 1.47 bits per heavy atom. The molecule has 0 saturated heterocycles. The summed E-state index contributed by atoms with van der Waals surface area (Å²) in [5, 5.41) is 1.16. The first kappa shape index (κ1) is 30.9. The second-order valence-corrected chi connectivity index (χ2v) is 13.6. The molecule has 258 valence electrons. The SMILES string of the molecule is c1ccc(-c2ccc(-c3nc(-c4ccccc4)nc(-c4ccc5c(c4)nc4n(-c6ccccc6)c6c7ccccc7n(-c7ccccc7)c6n54)n3)cc2)cc1. The fourth-order valence-corrected chi connectivity index (χ4v) is 7.75. The lowest BCUT2D eigenvalue weighted by molar-refractivity contribution is 1.07. The zero-order valence-electron chi connectivity index (χ0n) is 29.5. The molecular weight excluding hydrogens is 675 g/mol. The summed E-state index contributed by atoms with van der Waals surface area (Å²) in [6.45, 7) is 0. The minimum atomic E-state index is 0.588. The van der Waals surface area contributed by atoms with Crippen LogP contribution in [0, 0.1) is 0 Å². The van der Waals surface area contributed by atoms with E-state index in [9.17, 15) is 0 Å². The van der Waals surface area contributed by atoms with Crippen LogP contribution in [0.3, 0.4) is 0 Å². The van der Waals surface area contributed by atoms with Crippen LogP contribution >= 0.6 is 0 Å². The number of rotatable bonds is 6. The van der Waals surface area contributed by atoms with Crippen molar-refractivity contribution in [3.05, 3.63) is 188 Å². The minimum absolute atomic E-state index is 0.588. The molecule has 0 unspecified atom stereocenters. The predicted octanol–water partition coefficient (Wildman–Crippen LogP) is 11.2. The van der Waals surface area contributed by atoms with Gasteiger partial charge in [-0.05, 0) is 59.7 Å². The summed E-state index contributed by atoms with van der Waals surface area (Å²) >= 11 is 0. The quantitative estimate of drug-likeness (QED) is 0.173. The lowest BCUT2D eigenvalue weighted by Gasteiger charge is -2.09. The number of fused-ring (bicyclic) bond motifs is 7. The van der Waals surface area contributed by atoms with E-state index in [1.54, 1.807) is 0 Å². The molecule has 0 aliphatic carbocycles. The molecule has 0 aliphatic heterocycles. The normalized spacial score (nSPS) is 11.6. The average Bonchev–Trinajstić information content (AvgIpc) is 3.90. The fraction of sp³-hybridized carbons (Fsp3) is 0. The Balaban J connectivity index is 1.13. The number of benzene rings is 7. The zero-order chi connectivity index (χ0) is 36.3. The number of nitrogens with zero attached hydrogens (tertiary/aromatic N) is 7. The van der Waals surface area contributed by atoms with Crippen molar-refractivity contribution in [2.24, 2.45) is 0 Å². The highest BCUT2D eigenvalue weighted by atomic mass is 15.3. The third-order valence-corrected chi connectivity index (χ3v) is 10.3. The van der Waals surface area contributed by atoms with Crippen LogP contribution in [0.5, 0.6) is 0 Å². The van der Waals surface area contributed by atoms with E-state index in [2.05, 4.69) is 159 Å². The Morgan fingerprint density at radius 1 is 0.345 bits per heavy atom. The summed E-state index contributed by atoms with van der Waals surface area (Å²) in [6.07, 6.45) is 0. The van der Waals surface area contributed by atoms with Crippen LogP contribution in [-0.2, 0) is 0 Å². The molecule has 0 radical (unpaired) electrons. The number of imidazole rings is 2. The van der Waals surface area contributed by atoms with Gasteiger partial charge >= 0.3 is 0 Å². The molecule has 11 aromatic rings. The van der Waals surface area contributed by atoms with Gasteiger partial charge in [-0.25, -0.2) is 19.9 Å². The fourth-order valence-electron chi connectivity index (χ4n) is 7.75. The molecule has 55 heavy (non-hydrogen) atoms. The van der Waals surface area contributed by atoms with Gasteiger partial charge in [0.15, 0.2) is 23.1 Å². The van der Waals surface area contributed by atoms with Crippen molar-refractivity contribution in [2.45, 2.75) is 0 Å². The number of para-hydroxylation sites is 3. The van der Waals surface area contributed by atoms with E-state index < -0.39 is 0 Å². The average molecular weight is 706 g/mol. The Bertz CT molecular complexity index is 3160. The Labute approximate surface area is 316 Å². The maximum atomic E-state index is 5.37. The topological polar surface area (TPSA) is 65.8 Å². The molecule has 0 atom stereocenters. The van der Waals surface area contributed by atoms with Gasteiger partial charge in [-0.3, -0.25) is 13.5 Å². The maximum Gasteiger partial charge on any atom is 0.221 e. The van der Waals surface area contributed by atoms with Gasteiger partial charge < -0.3 is 0 Å². The van der Waals surface area contributed by atoms with Gasteiger partial charge in [0.05, 0.1) is 16.6 Å². The van der Waals surface area contributed by atoms with E-state index in [4.69, 9.17) is 19.9 Å². The van der Waals surface area contributed by atoms with Crippen molar-refractivity contribution < 1.29 is 0 Å². The Morgan fingerprint density at radius 2 is 0.818 bits per heavy atom. The van der Waals surface area contributed by atoms with Crippen molar-refractivity contribution >= 4 is 38.9 Å². The second kappa shape index (κ2) is 12.5. The molecular formula is C48H31N7. The lowest BCUT2D eigenvalue weighted by Crippen LogP contribution is -2.00. The van der Waals surface area contributed by atoms with Crippen LogP contribution in [0.4, 0.5) is 0 Å². The molecule has 11 rings (SSSR count). The molecule has 0 spiro atoms. The molecule has 0 aliphatic rings. The Hall–Kier alpha value is -7.64. The summed E-state index contributed by atoms with van der Waals surface area (Å²) in [7, 11) is 0. The number of aromatic nitrogens is 7. The summed E-state index contributed by atoms with van der Waals surface area (Å²) in [6, 6.07) is 64.9. The third-order valence-electron chi connectivity index (χ3n) is 10.3. The van der Waals surface area contributed by atoms with Crippen LogP contribution in [0.2, 0.25) is 0 Å². The number of hydrogen-bond donors (Lipinski definition) is 0. The van der Waals surface area contributed by atoms with Gasteiger partial charge in [0.1, 0.15) is 5.52 Å². The molecule has 7 heteroatoms. The van der Waals surface area contributed by atoms with Gasteiger partial charge in [-0.15, -0.1) is 0 Å². The molecule has 0 amide bonds. The van der Waals surface area contributed by atoms with Gasteiger partial charge in [0.25, 0.3) is 0 Å². The maximum absolute atomic E-state index is 5.37. The highest BCUT2D eigenvalue weighted by Gasteiger charge is 2.25. The second-order valence-electron chi connectivity index (χ2n) is 13.6. The van der Waals surface area contributed by atoms with E-state index in [0.29, 0.717) is 17.5 Å². The van der Waals surface area contributed by atoms with Crippen LogP contribution in [0.15, 0.2) is 188 Å². The lowest BCUT2D eigenvalue weighted by atomic mass is 10.0. The summed E-state index contributed by atoms with van der Waals surface area (Å²) in [5.41, 5.74) is 12.3. The van der Waals surface area contributed by atoms with Crippen molar-refractivity contribution in [2.75, 3.05) is 0 Å². The van der Waals surface area contributed by atoms with Crippen molar-refractivity contribution in [1.29, 1.82) is 0 Å². The Kier molecular flexibility index (Phi) is 7.03. The molecule has 0 saturated carbocycles. The largest absolute Gasteiger partial charge is 0.294 e. The first-order valence-corrected chi connectivity index (χ1v) is 18.3. The first-order chi connectivity index (χ1) is 27.3. The molecule has 4 aromatic heterocycles.